The molecule has 1 fully saturated rings. The Kier molecular flexibility index (Phi) is 4.84. The Balaban J connectivity index is 2.33. The van der Waals surface area contributed by atoms with E-state index in [9.17, 15) is 13.2 Å². The summed E-state index contributed by atoms with van der Waals surface area (Å²) in [5.74, 6) is -0.647. The first kappa shape index (κ1) is 15.8. The number of benzene rings is 1. The van der Waals surface area contributed by atoms with Crippen molar-refractivity contribution in [1.29, 1.82) is 0 Å². The van der Waals surface area contributed by atoms with E-state index in [4.69, 9.17) is 9.84 Å². The van der Waals surface area contributed by atoms with Gasteiger partial charge in [0.25, 0.3) is 0 Å². The molecule has 0 spiro atoms. The maximum Gasteiger partial charge on any atom is 0.307 e. The maximum atomic E-state index is 12.4. The number of aliphatic carboxylic acids is 1. The fourth-order valence-corrected chi connectivity index (χ4v) is 4.10. The van der Waals surface area contributed by atoms with Gasteiger partial charge in [-0.1, -0.05) is 12.8 Å². The highest BCUT2D eigenvalue weighted by molar-refractivity contribution is 7.89. The van der Waals surface area contributed by atoms with E-state index >= 15 is 0 Å². The van der Waals surface area contributed by atoms with Crippen molar-refractivity contribution in [3.05, 3.63) is 23.8 Å². The van der Waals surface area contributed by atoms with E-state index in [2.05, 4.69) is 4.72 Å². The first-order chi connectivity index (χ1) is 9.92. The lowest BCUT2D eigenvalue weighted by Gasteiger charge is -2.15. The van der Waals surface area contributed by atoms with Crippen LogP contribution in [-0.4, -0.2) is 32.6 Å². The SMILES string of the molecule is COc1ccc(S(=O)(=O)NC2CCCC2)c(CC(=O)O)c1. The summed E-state index contributed by atoms with van der Waals surface area (Å²) in [7, 11) is -2.26. The minimum Gasteiger partial charge on any atom is -0.497 e. The summed E-state index contributed by atoms with van der Waals surface area (Å²) >= 11 is 0. The zero-order valence-corrected chi connectivity index (χ0v) is 12.6. The second kappa shape index (κ2) is 6.44. The maximum absolute atomic E-state index is 12.4. The molecule has 116 valence electrons. The summed E-state index contributed by atoms with van der Waals surface area (Å²) in [6.07, 6.45) is 3.31. The van der Waals surface area contributed by atoms with Gasteiger partial charge in [0, 0.05) is 6.04 Å². The number of rotatable bonds is 6. The molecule has 6 nitrogen and oxygen atoms in total. The van der Waals surface area contributed by atoms with E-state index < -0.39 is 16.0 Å². The molecule has 2 rings (SSSR count). The molecule has 0 unspecified atom stereocenters. The Morgan fingerprint density at radius 3 is 2.62 bits per heavy atom. The number of ether oxygens (including phenoxy) is 1. The number of methoxy groups -OCH3 is 1. The summed E-state index contributed by atoms with van der Waals surface area (Å²) in [4.78, 5) is 10.9. The van der Waals surface area contributed by atoms with Crippen LogP contribution in [0.15, 0.2) is 23.1 Å². The molecule has 0 amide bonds. The average molecular weight is 313 g/mol. The molecule has 7 heteroatoms. The number of hydrogen-bond acceptors (Lipinski definition) is 4. The molecule has 1 aromatic rings. The summed E-state index contributed by atoms with van der Waals surface area (Å²) in [6.45, 7) is 0. The van der Waals surface area contributed by atoms with Crippen LogP contribution >= 0.6 is 0 Å². The van der Waals surface area contributed by atoms with E-state index in [1.165, 1.54) is 25.3 Å². The van der Waals surface area contributed by atoms with E-state index in [0.29, 0.717) is 5.75 Å². The zero-order chi connectivity index (χ0) is 15.5. The molecule has 2 N–H and O–H groups in total. The van der Waals surface area contributed by atoms with Crippen molar-refractivity contribution in [2.24, 2.45) is 0 Å². The lowest BCUT2D eigenvalue weighted by molar-refractivity contribution is -0.136. The molecule has 0 aromatic heterocycles. The molecule has 21 heavy (non-hydrogen) atoms. The van der Waals surface area contributed by atoms with Crippen LogP contribution in [0.3, 0.4) is 0 Å². The molecule has 1 aliphatic carbocycles. The van der Waals surface area contributed by atoms with Crippen LogP contribution in [0, 0.1) is 0 Å². The van der Waals surface area contributed by atoms with Crippen LogP contribution in [0.4, 0.5) is 0 Å². The molecule has 0 atom stereocenters. The van der Waals surface area contributed by atoms with Crippen molar-refractivity contribution in [2.45, 2.75) is 43.0 Å². The number of carboxylic acid groups (broad SMARTS) is 1. The largest absolute Gasteiger partial charge is 0.497 e. The van der Waals surface area contributed by atoms with E-state index in [1.54, 1.807) is 0 Å². The van der Waals surface area contributed by atoms with Gasteiger partial charge in [-0.15, -0.1) is 0 Å². The second-order valence-corrected chi connectivity index (χ2v) is 6.83. The van der Waals surface area contributed by atoms with Gasteiger partial charge in [0.05, 0.1) is 18.4 Å². The number of carbonyl (C=O) groups is 1. The molecule has 1 aliphatic rings. The number of nitrogens with one attached hydrogen (secondary N) is 1. The third-order valence-electron chi connectivity index (χ3n) is 3.58. The number of carboxylic acids is 1. The summed E-state index contributed by atoms with van der Waals surface area (Å²) in [6, 6.07) is 4.31. The Morgan fingerprint density at radius 1 is 1.38 bits per heavy atom. The predicted octanol–water partition coefficient (Wildman–Crippen LogP) is 1.54. The van der Waals surface area contributed by atoms with Gasteiger partial charge in [0.1, 0.15) is 5.75 Å². The third kappa shape index (κ3) is 3.95. The van der Waals surface area contributed by atoms with Crippen LogP contribution in [0.2, 0.25) is 0 Å². The first-order valence-corrected chi connectivity index (χ1v) is 8.32. The van der Waals surface area contributed by atoms with Crippen molar-refractivity contribution in [3.63, 3.8) is 0 Å². The van der Waals surface area contributed by atoms with Crippen LogP contribution in [0.25, 0.3) is 0 Å². The molecule has 0 saturated heterocycles. The molecule has 0 aliphatic heterocycles. The first-order valence-electron chi connectivity index (χ1n) is 6.83. The Hall–Kier alpha value is -1.60. The van der Waals surface area contributed by atoms with E-state index in [1.807, 2.05) is 0 Å². The van der Waals surface area contributed by atoms with Crippen molar-refractivity contribution in [2.75, 3.05) is 7.11 Å². The predicted molar refractivity (Wildman–Crippen MR) is 76.9 cm³/mol. The molecule has 1 saturated carbocycles. The van der Waals surface area contributed by atoms with Crippen LogP contribution in [-0.2, 0) is 21.2 Å². The number of hydrogen-bond donors (Lipinski definition) is 2. The lowest BCUT2D eigenvalue weighted by atomic mass is 10.1. The Labute approximate surface area is 124 Å². The van der Waals surface area contributed by atoms with Gasteiger partial charge >= 0.3 is 5.97 Å². The smallest absolute Gasteiger partial charge is 0.307 e. The fourth-order valence-electron chi connectivity index (χ4n) is 2.57. The molecular formula is C14H19NO5S. The van der Waals surface area contributed by atoms with Crippen molar-refractivity contribution in [1.82, 2.24) is 4.72 Å². The zero-order valence-electron chi connectivity index (χ0n) is 11.8. The van der Waals surface area contributed by atoms with Gasteiger partial charge in [-0.3, -0.25) is 4.79 Å². The minimum absolute atomic E-state index is 0.0117. The fraction of sp³-hybridized carbons (Fsp3) is 0.500. The van der Waals surface area contributed by atoms with Crippen molar-refractivity contribution < 1.29 is 23.1 Å². The van der Waals surface area contributed by atoms with Crippen LogP contribution in [0.5, 0.6) is 5.75 Å². The molecule has 0 heterocycles. The highest BCUT2D eigenvalue weighted by Crippen LogP contribution is 2.25. The lowest BCUT2D eigenvalue weighted by Crippen LogP contribution is -2.33. The quantitative estimate of drug-likeness (QED) is 0.831. The van der Waals surface area contributed by atoms with Crippen LogP contribution < -0.4 is 9.46 Å². The minimum atomic E-state index is -3.71. The monoisotopic (exact) mass is 313 g/mol. The van der Waals surface area contributed by atoms with Crippen molar-refractivity contribution in [3.8, 4) is 5.75 Å². The molecule has 0 bridgehead atoms. The van der Waals surface area contributed by atoms with E-state index in [0.717, 1.165) is 25.7 Å². The summed E-state index contributed by atoms with van der Waals surface area (Å²) in [5, 5.41) is 8.95. The summed E-state index contributed by atoms with van der Waals surface area (Å²) in [5.41, 5.74) is 0.229. The van der Waals surface area contributed by atoms with Gasteiger partial charge in [0.15, 0.2) is 0 Å². The average Bonchev–Trinajstić information content (AvgIpc) is 2.89. The summed E-state index contributed by atoms with van der Waals surface area (Å²) < 4.78 is 32.6. The molecule has 0 radical (unpaired) electrons. The van der Waals surface area contributed by atoms with Gasteiger partial charge in [-0.25, -0.2) is 13.1 Å². The highest BCUT2D eigenvalue weighted by atomic mass is 32.2. The third-order valence-corrected chi connectivity index (χ3v) is 5.20. The van der Waals surface area contributed by atoms with E-state index in [-0.39, 0.29) is 22.9 Å². The van der Waals surface area contributed by atoms with Crippen molar-refractivity contribution >= 4 is 16.0 Å². The van der Waals surface area contributed by atoms with Gasteiger partial charge in [-0.2, -0.15) is 0 Å². The Bertz CT molecular complexity index is 620. The topological polar surface area (TPSA) is 92.7 Å². The highest BCUT2D eigenvalue weighted by Gasteiger charge is 2.25. The number of sulfonamides is 1. The van der Waals surface area contributed by atoms with Crippen LogP contribution in [0.1, 0.15) is 31.2 Å². The molecular weight excluding hydrogens is 294 g/mol. The second-order valence-electron chi connectivity index (χ2n) is 5.15. The standard InChI is InChI=1S/C14H19NO5S/c1-20-12-6-7-13(10(8-12)9-14(16)17)21(18,19)15-11-4-2-3-5-11/h6-8,11,15H,2-5,9H2,1H3,(H,16,17). The van der Waals surface area contributed by atoms with Gasteiger partial charge in [-0.05, 0) is 36.6 Å². The molecule has 1 aromatic carbocycles. The Morgan fingerprint density at radius 2 is 2.05 bits per heavy atom. The normalized spacial score (nSPS) is 16.0. The van der Waals surface area contributed by atoms with Gasteiger partial charge in [0.2, 0.25) is 10.0 Å². The van der Waals surface area contributed by atoms with Gasteiger partial charge < -0.3 is 9.84 Å².